The van der Waals surface area contributed by atoms with Gasteiger partial charge in [0.05, 0.1) is 6.04 Å². The van der Waals surface area contributed by atoms with E-state index in [1.807, 2.05) is 26.0 Å². The van der Waals surface area contributed by atoms with Gasteiger partial charge in [-0.1, -0.05) is 35.0 Å². The Morgan fingerprint density at radius 3 is 2.58 bits per heavy atom. The quantitative estimate of drug-likeness (QED) is 0.841. The average Bonchev–Trinajstić information content (AvgIpc) is 2.38. The molecular weight excluding hydrogens is 304 g/mol. The van der Waals surface area contributed by atoms with Crippen LogP contribution >= 0.6 is 15.9 Å². The van der Waals surface area contributed by atoms with Gasteiger partial charge in [0.25, 0.3) is 0 Å². The normalized spacial score (nSPS) is 15.6. The van der Waals surface area contributed by atoms with Crippen molar-refractivity contribution in [3.8, 4) is 0 Å². The lowest BCUT2D eigenvalue weighted by Gasteiger charge is -2.22. The number of halogens is 1. The summed E-state index contributed by atoms with van der Waals surface area (Å²) in [4.78, 5) is 12.0. The molecule has 1 aromatic carbocycles. The van der Waals surface area contributed by atoms with Crippen LogP contribution in [0.1, 0.15) is 45.7 Å². The molecule has 0 aromatic heterocycles. The molecule has 0 heterocycles. The maximum Gasteiger partial charge on any atom is 0.237 e. The fourth-order valence-electron chi connectivity index (χ4n) is 1.79. The van der Waals surface area contributed by atoms with E-state index in [1.165, 1.54) is 0 Å². The summed E-state index contributed by atoms with van der Waals surface area (Å²) in [6.07, 6.45) is 0.944. The van der Waals surface area contributed by atoms with Crippen molar-refractivity contribution in [2.45, 2.75) is 52.2 Å². The highest BCUT2D eigenvalue weighted by Gasteiger charge is 2.17. The third kappa shape index (κ3) is 5.33. The minimum Gasteiger partial charge on any atom is -0.352 e. The Balaban J connectivity index is 2.56. The smallest absolute Gasteiger partial charge is 0.237 e. The first-order valence-corrected chi connectivity index (χ1v) is 7.55. The zero-order valence-corrected chi connectivity index (χ0v) is 13.6. The molecule has 0 saturated carbocycles. The lowest BCUT2D eigenvalue weighted by atomic mass is 10.1. The third-order valence-electron chi connectivity index (χ3n) is 3.24. The maximum atomic E-state index is 12.0. The molecule has 0 aliphatic carbocycles. The van der Waals surface area contributed by atoms with Crippen LogP contribution in [0, 0.1) is 0 Å². The summed E-state index contributed by atoms with van der Waals surface area (Å²) >= 11 is 3.46. The number of nitrogens with one attached hydrogen (secondary N) is 2. The Morgan fingerprint density at radius 1 is 1.32 bits per heavy atom. The summed E-state index contributed by atoms with van der Waals surface area (Å²) in [6.45, 7) is 8.04. The van der Waals surface area contributed by atoms with Crippen LogP contribution in [0.15, 0.2) is 28.7 Å². The number of benzene rings is 1. The van der Waals surface area contributed by atoms with E-state index in [4.69, 9.17) is 0 Å². The van der Waals surface area contributed by atoms with Crippen molar-refractivity contribution in [1.82, 2.24) is 10.6 Å². The molecule has 0 fully saturated rings. The van der Waals surface area contributed by atoms with Crippen molar-refractivity contribution in [2.75, 3.05) is 0 Å². The van der Waals surface area contributed by atoms with E-state index < -0.39 is 0 Å². The first-order valence-electron chi connectivity index (χ1n) is 6.76. The molecule has 19 heavy (non-hydrogen) atoms. The lowest BCUT2D eigenvalue weighted by Crippen LogP contribution is -2.45. The highest BCUT2D eigenvalue weighted by molar-refractivity contribution is 9.10. The SMILES string of the molecule is CCC(C)NC(=O)C(C)N[C@H](C)c1cccc(Br)c1. The van der Waals surface area contributed by atoms with E-state index in [2.05, 4.69) is 52.5 Å². The molecule has 0 saturated heterocycles. The summed E-state index contributed by atoms with van der Waals surface area (Å²) in [6, 6.07) is 8.27. The molecule has 2 N–H and O–H groups in total. The Bertz CT molecular complexity index is 422. The van der Waals surface area contributed by atoms with Gasteiger partial charge in [-0.2, -0.15) is 0 Å². The monoisotopic (exact) mass is 326 g/mol. The molecule has 0 spiro atoms. The van der Waals surface area contributed by atoms with Crippen molar-refractivity contribution in [1.29, 1.82) is 0 Å². The van der Waals surface area contributed by atoms with Gasteiger partial charge in [0.1, 0.15) is 0 Å². The van der Waals surface area contributed by atoms with Crippen molar-refractivity contribution in [3.63, 3.8) is 0 Å². The molecule has 1 aromatic rings. The standard InChI is InChI=1S/C15H23BrN2O/c1-5-10(2)17-15(19)12(4)18-11(3)13-7-6-8-14(16)9-13/h6-12,18H,5H2,1-4H3,(H,17,19)/t10?,11-,12?/m1/s1. The van der Waals surface area contributed by atoms with Crippen LogP contribution < -0.4 is 10.6 Å². The van der Waals surface area contributed by atoms with Crippen molar-refractivity contribution in [2.24, 2.45) is 0 Å². The zero-order chi connectivity index (χ0) is 14.4. The largest absolute Gasteiger partial charge is 0.352 e. The minimum absolute atomic E-state index is 0.0520. The Hall–Kier alpha value is -0.870. The second-order valence-electron chi connectivity index (χ2n) is 4.98. The first-order chi connectivity index (χ1) is 8.93. The minimum atomic E-state index is -0.206. The molecule has 4 heteroatoms. The fourth-order valence-corrected chi connectivity index (χ4v) is 2.21. The Labute approximate surface area is 124 Å². The van der Waals surface area contributed by atoms with Crippen LogP contribution in [-0.2, 0) is 4.79 Å². The van der Waals surface area contributed by atoms with Gasteiger partial charge in [0, 0.05) is 16.6 Å². The molecular formula is C15H23BrN2O. The fraction of sp³-hybridized carbons (Fsp3) is 0.533. The molecule has 3 atom stereocenters. The number of hydrogen-bond acceptors (Lipinski definition) is 2. The number of rotatable bonds is 6. The van der Waals surface area contributed by atoms with Gasteiger partial charge in [-0.15, -0.1) is 0 Å². The van der Waals surface area contributed by atoms with Crippen molar-refractivity contribution < 1.29 is 4.79 Å². The number of carbonyl (C=O) groups is 1. The van der Waals surface area contributed by atoms with E-state index in [0.717, 1.165) is 16.5 Å². The van der Waals surface area contributed by atoms with E-state index >= 15 is 0 Å². The van der Waals surface area contributed by atoms with Gasteiger partial charge in [0.15, 0.2) is 0 Å². The first kappa shape index (κ1) is 16.2. The van der Waals surface area contributed by atoms with E-state index in [0.29, 0.717) is 0 Å². The summed E-state index contributed by atoms with van der Waals surface area (Å²) < 4.78 is 1.05. The van der Waals surface area contributed by atoms with Crippen molar-refractivity contribution in [3.05, 3.63) is 34.3 Å². The Morgan fingerprint density at radius 2 is 2.00 bits per heavy atom. The summed E-state index contributed by atoms with van der Waals surface area (Å²) in [5.74, 6) is 0.0520. The van der Waals surface area contributed by atoms with Crippen LogP contribution in [0.3, 0.4) is 0 Å². The highest BCUT2D eigenvalue weighted by atomic mass is 79.9. The van der Waals surface area contributed by atoms with Gasteiger partial charge in [-0.3, -0.25) is 10.1 Å². The van der Waals surface area contributed by atoms with Gasteiger partial charge in [-0.25, -0.2) is 0 Å². The average molecular weight is 327 g/mol. The van der Waals surface area contributed by atoms with Gasteiger partial charge in [0.2, 0.25) is 5.91 Å². The molecule has 0 bridgehead atoms. The van der Waals surface area contributed by atoms with Crippen LogP contribution in [-0.4, -0.2) is 18.0 Å². The number of carbonyl (C=O) groups excluding carboxylic acids is 1. The second kappa shape index (κ2) is 7.65. The van der Waals surface area contributed by atoms with E-state index in [1.54, 1.807) is 0 Å². The zero-order valence-electron chi connectivity index (χ0n) is 12.0. The summed E-state index contributed by atoms with van der Waals surface area (Å²) in [7, 11) is 0. The molecule has 3 nitrogen and oxygen atoms in total. The summed E-state index contributed by atoms with van der Waals surface area (Å²) in [5, 5.41) is 6.31. The predicted octanol–water partition coefficient (Wildman–Crippen LogP) is 3.40. The van der Waals surface area contributed by atoms with E-state index in [-0.39, 0.29) is 24.0 Å². The van der Waals surface area contributed by atoms with Gasteiger partial charge >= 0.3 is 0 Å². The highest BCUT2D eigenvalue weighted by Crippen LogP contribution is 2.18. The van der Waals surface area contributed by atoms with Crippen LogP contribution in [0.5, 0.6) is 0 Å². The van der Waals surface area contributed by atoms with Crippen LogP contribution in [0.25, 0.3) is 0 Å². The molecule has 0 aliphatic rings. The van der Waals surface area contributed by atoms with Crippen molar-refractivity contribution >= 4 is 21.8 Å². The topological polar surface area (TPSA) is 41.1 Å². The number of amides is 1. The van der Waals surface area contributed by atoms with E-state index in [9.17, 15) is 4.79 Å². The molecule has 106 valence electrons. The van der Waals surface area contributed by atoms with Gasteiger partial charge in [-0.05, 0) is 44.9 Å². The third-order valence-corrected chi connectivity index (χ3v) is 3.74. The molecule has 1 rings (SSSR count). The maximum absolute atomic E-state index is 12.0. The Kier molecular flexibility index (Phi) is 6.52. The van der Waals surface area contributed by atoms with Crippen LogP contribution in [0.4, 0.5) is 0 Å². The lowest BCUT2D eigenvalue weighted by molar-refractivity contribution is -0.123. The molecule has 0 radical (unpaired) electrons. The molecule has 2 unspecified atom stereocenters. The predicted molar refractivity (Wildman–Crippen MR) is 83.1 cm³/mol. The molecule has 1 amide bonds. The second-order valence-corrected chi connectivity index (χ2v) is 5.90. The van der Waals surface area contributed by atoms with Crippen LogP contribution in [0.2, 0.25) is 0 Å². The number of hydrogen-bond donors (Lipinski definition) is 2. The summed E-state index contributed by atoms with van der Waals surface area (Å²) in [5.41, 5.74) is 1.16. The van der Waals surface area contributed by atoms with Gasteiger partial charge < -0.3 is 5.32 Å². The molecule has 0 aliphatic heterocycles.